The molecule has 0 amide bonds. The average Bonchev–Trinajstić information content (AvgIpc) is 3.03. The van der Waals surface area contributed by atoms with Crippen LogP contribution in [0.2, 0.25) is 0 Å². The van der Waals surface area contributed by atoms with Gasteiger partial charge in [0.1, 0.15) is 5.41 Å². The molecule has 0 radical (unpaired) electrons. The van der Waals surface area contributed by atoms with Crippen LogP contribution >= 0.6 is 0 Å². The predicted octanol–water partition coefficient (Wildman–Crippen LogP) is 0.867. The summed E-state index contributed by atoms with van der Waals surface area (Å²) in [6.45, 7) is 2.59. The van der Waals surface area contributed by atoms with Gasteiger partial charge in [-0.15, -0.1) is 0 Å². The third-order valence-electron chi connectivity index (χ3n) is 3.35. The van der Waals surface area contributed by atoms with Crippen LogP contribution in [0.3, 0.4) is 0 Å². The molecule has 2 rings (SSSR count). The van der Waals surface area contributed by atoms with Crippen LogP contribution in [0, 0.1) is 11.3 Å². The molecule has 1 saturated carbocycles. The second kappa shape index (κ2) is 4.49. The van der Waals surface area contributed by atoms with E-state index in [0.717, 1.165) is 26.0 Å². The van der Waals surface area contributed by atoms with Crippen LogP contribution in [-0.4, -0.2) is 37.4 Å². The SMILES string of the molecule is O=C(O)C1(COCC2CC2)CCCNC1. The van der Waals surface area contributed by atoms with E-state index in [9.17, 15) is 9.90 Å². The lowest BCUT2D eigenvalue weighted by Gasteiger charge is -2.33. The maximum absolute atomic E-state index is 11.2. The van der Waals surface area contributed by atoms with Crippen LogP contribution < -0.4 is 5.32 Å². The number of ether oxygens (including phenoxy) is 1. The van der Waals surface area contributed by atoms with Gasteiger partial charge in [0, 0.05) is 13.2 Å². The Morgan fingerprint density at radius 1 is 1.53 bits per heavy atom. The van der Waals surface area contributed by atoms with Gasteiger partial charge in [-0.25, -0.2) is 0 Å². The largest absolute Gasteiger partial charge is 0.481 e. The lowest BCUT2D eigenvalue weighted by atomic mass is 9.81. The van der Waals surface area contributed by atoms with Crippen molar-refractivity contribution in [3.05, 3.63) is 0 Å². The number of hydrogen-bond donors (Lipinski definition) is 2. The normalized spacial score (nSPS) is 31.5. The van der Waals surface area contributed by atoms with E-state index in [1.165, 1.54) is 12.8 Å². The Balaban J connectivity index is 1.82. The van der Waals surface area contributed by atoms with Gasteiger partial charge in [-0.2, -0.15) is 0 Å². The quantitative estimate of drug-likeness (QED) is 0.711. The van der Waals surface area contributed by atoms with Crippen LogP contribution in [-0.2, 0) is 9.53 Å². The Bertz CT molecular complexity index is 232. The maximum Gasteiger partial charge on any atom is 0.313 e. The van der Waals surface area contributed by atoms with Crippen LogP contribution in [0.15, 0.2) is 0 Å². The molecule has 15 heavy (non-hydrogen) atoms. The summed E-state index contributed by atoms with van der Waals surface area (Å²) >= 11 is 0. The average molecular weight is 213 g/mol. The predicted molar refractivity (Wildman–Crippen MR) is 55.7 cm³/mol. The number of nitrogens with one attached hydrogen (secondary N) is 1. The summed E-state index contributed by atoms with van der Waals surface area (Å²) in [6, 6.07) is 0. The summed E-state index contributed by atoms with van der Waals surface area (Å²) < 4.78 is 5.54. The van der Waals surface area contributed by atoms with E-state index in [1.54, 1.807) is 0 Å². The zero-order chi connectivity index (χ0) is 10.7. The summed E-state index contributed by atoms with van der Waals surface area (Å²) in [5.41, 5.74) is -0.673. The van der Waals surface area contributed by atoms with Crippen LogP contribution in [0.5, 0.6) is 0 Å². The van der Waals surface area contributed by atoms with Gasteiger partial charge in [0.15, 0.2) is 0 Å². The molecule has 1 aliphatic carbocycles. The fourth-order valence-electron chi connectivity index (χ4n) is 2.04. The van der Waals surface area contributed by atoms with E-state index in [0.29, 0.717) is 19.1 Å². The molecule has 4 nitrogen and oxygen atoms in total. The molecule has 2 aliphatic rings. The molecule has 0 bridgehead atoms. The monoisotopic (exact) mass is 213 g/mol. The fraction of sp³-hybridized carbons (Fsp3) is 0.909. The number of carboxylic acid groups (broad SMARTS) is 1. The first-order chi connectivity index (χ1) is 7.23. The third-order valence-corrected chi connectivity index (χ3v) is 3.35. The Hall–Kier alpha value is -0.610. The Morgan fingerprint density at radius 2 is 2.33 bits per heavy atom. The summed E-state index contributed by atoms with van der Waals surface area (Å²) in [5.74, 6) is -0.0158. The van der Waals surface area contributed by atoms with Gasteiger partial charge in [-0.1, -0.05) is 0 Å². The molecule has 0 aromatic carbocycles. The van der Waals surface area contributed by atoms with Gasteiger partial charge in [0.05, 0.1) is 6.61 Å². The van der Waals surface area contributed by atoms with E-state index in [2.05, 4.69) is 5.32 Å². The van der Waals surface area contributed by atoms with Crippen LogP contribution in [0.4, 0.5) is 0 Å². The molecule has 4 heteroatoms. The van der Waals surface area contributed by atoms with Crippen molar-refractivity contribution in [2.24, 2.45) is 11.3 Å². The Labute approximate surface area is 90.0 Å². The molecule has 1 unspecified atom stereocenters. The van der Waals surface area contributed by atoms with E-state index in [4.69, 9.17) is 4.74 Å². The molecule has 2 N–H and O–H groups in total. The maximum atomic E-state index is 11.2. The molecule has 0 aromatic heterocycles. The minimum Gasteiger partial charge on any atom is -0.481 e. The number of piperidine rings is 1. The van der Waals surface area contributed by atoms with Crippen molar-refractivity contribution < 1.29 is 14.6 Å². The van der Waals surface area contributed by atoms with Gasteiger partial charge in [0.25, 0.3) is 0 Å². The topological polar surface area (TPSA) is 58.6 Å². The number of hydrogen-bond acceptors (Lipinski definition) is 3. The smallest absolute Gasteiger partial charge is 0.313 e. The first-order valence-corrected chi connectivity index (χ1v) is 5.75. The molecule has 1 aliphatic heterocycles. The van der Waals surface area contributed by atoms with Crippen molar-refractivity contribution in [3.63, 3.8) is 0 Å². The molecule has 1 heterocycles. The molecular weight excluding hydrogens is 194 g/mol. The minimum absolute atomic E-state index is 0.367. The van der Waals surface area contributed by atoms with Crippen molar-refractivity contribution in [2.45, 2.75) is 25.7 Å². The van der Waals surface area contributed by atoms with Crippen molar-refractivity contribution in [1.29, 1.82) is 0 Å². The fourth-order valence-corrected chi connectivity index (χ4v) is 2.04. The third kappa shape index (κ3) is 2.69. The summed E-state index contributed by atoms with van der Waals surface area (Å²) in [7, 11) is 0. The summed E-state index contributed by atoms with van der Waals surface area (Å²) in [5, 5.41) is 12.4. The second-order valence-corrected chi connectivity index (χ2v) is 4.82. The Kier molecular flexibility index (Phi) is 3.26. The number of carboxylic acids is 1. The highest BCUT2D eigenvalue weighted by atomic mass is 16.5. The highest BCUT2D eigenvalue weighted by molar-refractivity contribution is 5.75. The van der Waals surface area contributed by atoms with E-state index in [1.807, 2.05) is 0 Å². The molecule has 86 valence electrons. The molecule has 0 spiro atoms. The standard InChI is InChI=1S/C11H19NO3/c13-10(14)11(4-1-5-12-7-11)8-15-6-9-2-3-9/h9,12H,1-8H2,(H,13,14). The van der Waals surface area contributed by atoms with E-state index >= 15 is 0 Å². The molecule has 2 fully saturated rings. The van der Waals surface area contributed by atoms with Crippen molar-refractivity contribution >= 4 is 5.97 Å². The van der Waals surface area contributed by atoms with E-state index < -0.39 is 11.4 Å². The number of rotatable bonds is 5. The summed E-state index contributed by atoms with van der Waals surface area (Å²) in [4.78, 5) is 11.2. The minimum atomic E-state index is -0.717. The van der Waals surface area contributed by atoms with Gasteiger partial charge in [0.2, 0.25) is 0 Å². The zero-order valence-electron chi connectivity index (χ0n) is 9.00. The van der Waals surface area contributed by atoms with Gasteiger partial charge >= 0.3 is 5.97 Å². The number of carbonyl (C=O) groups is 1. The highest BCUT2D eigenvalue weighted by Crippen LogP contribution is 2.31. The van der Waals surface area contributed by atoms with Crippen LogP contribution in [0.25, 0.3) is 0 Å². The van der Waals surface area contributed by atoms with Crippen molar-refractivity contribution in [2.75, 3.05) is 26.3 Å². The first kappa shape index (κ1) is 10.9. The van der Waals surface area contributed by atoms with Crippen molar-refractivity contribution in [3.8, 4) is 0 Å². The second-order valence-electron chi connectivity index (χ2n) is 4.82. The first-order valence-electron chi connectivity index (χ1n) is 5.75. The Morgan fingerprint density at radius 3 is 2.87 bits per heavy atom. The van der Waals surface area contributed by atoms with Crippen LogP contribution in [0.1, 0.15) is 25.7 Å². The highest BCUT2D eigenvalue weighted by Gasteiger charge is 2.40. The lowest BCUT2D eigenvalue weighted by molar-refractivity contribution is -0.154. The molecule has 1 saturated heterocycles. The van der Waals surface area contributed by atoms with Crippen molar-refractivity contribution in [1.82, 2.24) is 5.32 Å². The molecule has 0 aromatic rings. The molecular formula is C11H19NO3. The van der Waals surface area contributed by atoms with Gasteiger partial charge < -0.3 is 15.2 Å². The number of aliphatic carboxylic acids is 1. The van der Waals surface area contributed by atoms with Gasteiger partial charge in [-0.05, 0) is 38.1 Å². The van der Waals surface area contributed by atoms with E-state index in [-0.39, 0.29) is 0 Å². The lowest BCUT2D eigenvalue weighted by Crippen LogP contribution is -2.48. The molecule has 1 atom stereocenters. The summed E-state index contributed by atoms with van der Waals surface area (Å²) in [6.07, 6.45) is 4.16. The van der Waals surface area contributed by atoms with Gasteiger partial charge in [-0.3, -0.25) is 4.79 Å². The zero-order valence-corrected chi connectivity index (χ0v) is 9.00.